The van der Waals surface area contributed by atoms with E-state index >= 15 is 0 Å². The zero-order valence-electron chi connectivity index (χ0n) is 23.6. The van der Waals surface area contributed by atoms with Crippen molar-refractivity contribution >= 4 is 27.9 Å². The highest BCUT2D eigenvalue weighted by atomic mass is 19.1. The summed E-state index contributed by atoms with van der Waals surface area (Å²) in [7, 11) is 0. The Labute approximate surface area is 243 Å². The van der Waals surface area contributed by atoms with E-state index < -0.39 is 0 Å². The van der Waals surface area contributed by atoms with Crippen LogP contribution in [0.15, 0.2) is 48.8 Å². The second-order valence-corrected chi connectivity index (χ2v) is 11.5. The fourth-order valence-electron chi connectivity index (χ4n) is 6.73. The summed E-state index contributed by atoms with van der Waals surface area (Å²) in [6.07, 6.45) is 6.19. The van der Waals surface area contributed by atoms with Crippen LogP contribution in [0.3, 0.4) is 0 Å². The van der Waals surface area contributed by atoms with Crippen LogP contribution in [0.2, 0.25) is 0 Å². The van der Waals surface area contributed by atoms with E-state index in [1.54, 1.807) is 12.1 Å². The van der Waals surface area contributed by atoms with Gasteiger partial charge in [0.15, 0.2) is 5.65 Å². The number of hydrogen-bond donors (Lipinski definition) is 3. The number of nitrogens with one attached hydrogen (secondary N) is 1. The first-order valence-electron chi connectivity index (χ1n) is 14.9. The van der Waals surface area contributed by atoms with Crippen molar-refractivity contribution in [2.24, 2.45) is 0 Å². The van der Waals surface area contributed by atoms with Crippen molar-refractivity contribution in [3.63, 3.8) is 0 Å². The molecular weight excluding hydrogens is 533 g/mol. The number of β-amino-alcohol motifs (C(OH)–C–C–N with tert-alkyl or cyclic N) is 1. The minimum absolute atomic E-state index is 0.227. The molecule has 0 bridgehead atoms. The van der Waals surface area contributed by atoms with Gasteiger partial charge in [0.1, 0.15) is 29.5 Å². The Bertz CT molecular complexity index is 1700. The number of fused-ring (bicyclic) bond motifs is 2. The van der Waals surface area contributed by atoms with Crippen LogP contribution in [0.25, 0.3) is 33.3 Å². The van der Waals surface area contributed by atoms with Gasteiger partial charge in [-0.15, -0.1) is 0 Å². The van der Waals surface area contributed by atoms with Gasteiger partial charge < -0.3 is 15.8 Å². The van der Waals surface area contributed by atoms with Crippen molar-refractivity contribution < 1.29 is 9.50 Å². The van der Waals surface area contributed by atoms with Crippen LogP contribution in [-0.4, -0.2) is 90.0 Å². The third kappa shape index (κ3) is 5.12. The molecule has 10 nitrogen and oxygen atoms in total. The molecule has 0 spiro atoms. The molecule has 1 saturated heterocycles. The molecule has 0 amide bonds. The summed E-state index contributed by atoms with van der Waals surface area (Å²) < 4.78 is 16.3. The van der Waals surface area contributed by atoms with Crippen LogP contribution in [0, 0.1) is 5.82 Å². The third-order valence-corrected chi connectivity index (χ3v) is 8.99. The minimum Gasteiger partial charge on any atom is -0.395 e. The van der Waals surface area contributed by atoms with E-state index in [9.17, 15) is 9.50 Å². The maximum absolute atomic E-state index is 14.2. The number of aliphatic hydroxyl groups excluding tert-OH is 1. The van der Waals surface area contributed by atoms with Crippen molar-refractivity contribution in [2.45, 2.75) is 44.2 Å². The summed E-state index contributed by atoms with van der Waals surface area (Å²) in [6, 6.07) is 13.6. The number of nitrogen functional groups attached to an aromatic ring is 1. The molecule has 4 N–H and O–H groups in total. The molecule has 0 radical (unpaired) electrons. The number of aromatic amines is 1. The van der Waals surface area contributed by atoms with E-state index in [0.717, 1.165) is 91.7 Å². The second-order valence-electron chi connectivity index (χ2n) is 11.5. The number of nitrogens with zero attached hydrogens (tertiary/aromatic N) is 7. The molecule has 1 saturated carbocycles. The van der Waals surface area contributed by atoms with Crippen molar-refractivity contribution in [3.8, 4) is 11.3 Å². The Kier molecular flexibility index (Phi) is 7.31. The number of H-pyrrole nitrogens is 1. The summed E-state index contributed by atoms with van der Waals surface area (Å²) in [4.78, 5) is 22.0. The van der Waals surface area contributed by atoms with Gasteiger partial charge in [-0.2, -0.15) is 5.10 Å². The normalized spacial score (nSPS) is 20.5. The van der Waals surface area contributed by atoms with Crippen LogP contribution in [0.5, 0.6) is 0 Å². The van der Waals surface area contributed by atoms with Gasteiger partial charge in [-0.1, -0.05) is 24.3 Å². The molecule has 5 aromatic rings. The maximum atomic E-state index is 14.2. The number of benzene rings is 2. The van der Waals surface area contributed by atoms with Gasteiger partial charge in [0, 0.05) is 50.7 Å². The topological polar surface area (TPSA) is 125 Å². The first-order chi connectivity index (χ1) is 20.6. The number of nitrogens with two attached hydrogens (primary N) is 1. The van der Waals surface area contributed by atoms with Crippen LogP contribution in [0.1, 0.15) is 43.1 Å². The Hall–Kier alpha value is -3.93. The molecule has 0 atom stereocenters. The summed E-state index contributed by atoms with van der Waals surface area (Å²) in [5, 5.41) is 15.1. The average molecular weight is 570 g/mol. The Morgan fingerprint density at radius 2 is 1.76 bits per heavy atom. The van der Waals surface area contributed by atoms with Crippen LogP contribution >= 0.6 is 0 Å². The number of piperazine rings is 1. The molecule has 2 fully saturated rings. The first kappa shape index (κ1) is 26.9. The monoisotopic (exact) mass is 569 g/mol. The van der Waals surface area contributed by atoms with Crippen LogP contribution in [0.4, 0.5) is 10.2 Å². The minimum atomic E-state index is -0.235. The number of imidazole rings is 1. The van der Waals surface area contributed by atoms with E-state index in [4.69, 9.17) is 15.8 Å². The number of hydrogen-bond acceptors (Lipinski definition) is 8. The van der Waals surface area contributed by atoms with Crippen LogP contribution < -0.4 is 5.73 Å². The lowest BCUT2D eigenvalue weighted by Crippen LogP contribution is -2.51. The summed E-state index contributed by atoms with van der Waals surface area (Å²) in [5.41, 5.74) is 11.1. The molecule has 218 valence electrons. The second kappa shape index (κ2) is 11.4. The van der Waals surface area contributed by atoms with Gasteiger partial charge in [0.2, 0.25) is 0 Å². The maximum Gasteiger partial charge on any atom is 0.164 e. The molecule has 11 heteroatoms. The fourth-order valence-corrected chi connectivity index (χ4v) is 6.73. The molecule has 0 unspecified atom stereocenters. The van der Waals surface area contributed by atoms with Crippen molar-refractivity contribution in [1.29, 1.82) is 0 Å². The molecule has 4 heterocycles. The van der Waals surface area contributed by atoms with Gasteiger partial charge in [-0.25, -0.2) is 24.0 Å². The standard InChI is InChI=1S/C31H36FN9O/c32-24-4-2-1-3-20(24)18-27-36-25-10-5-21(17-26(25)37-27)29-28-30(33)34-19-35-31(28)41(38-29)23-8-6-22(7-9-23)40-13-11-39(12-14-40)15-16-42/h1-5,10,17,19,22-23,42H,6-9,11-16,18H2,(H,36,37)(H2,33,34,35). The fraction of sp³-hybridized carbons (Fsp3) is 0.419. The first-order valence-corrected chi connectivity index (χ1v) is 14.9. The van der Waals surface area contributed by atoms with E-state index in [0.29, 0.717) is 29.7 Å². The van der Waals surface area contributed by atoms with Gasteiger partial charge in [-0.3, -0.25) is 9.80 Å². The number of halogens is 1. The van der Waals surface area contributed by atoms with Crippen molar-refractivity contribution in [2.75, 3.05) is 45.1 Å². The van der Waals surface area contributed by atoms with E-state index in [1.165, 1.54) is 12.4 Å². The zero-order valence-corrected chi connectivity index (χ0v) is 23.6. The lowest BCUT2D eigenvalue weighted by Gasteiger charge is -2.41. The van der Waals surface area contributed by atoms with Gasteiger partial charge in [0.05, 0.1) is 29.1 Å². The number of rotatable bonds is 7. The molecule has 2 aromatic carbocycles. The number of aliphatic hydroxyl groups is 1. The van der Waals surface area contributed by atoms with Gasteiger partial charge in [0.25, 0.3) is 0 Å². The quantitative estimate of drug-likeness (QED) is 0.271. The lowest BCUT2D eigenvalue weighted by molar-refractivity contribution is 0.0629. The number of aromatic nitrogens is 6. The van der Waals surface area contributed by atoms with E-state index in [2.05, 4.69) is 29.4 Å². The zero-order chi connectivity index (χ0) is 28.6. The lowest BCUT2D eigenvalue weighted by atomic mass is 9.90. The molecular formula is C31H36FN9O. The predicted molar refractivity (Wildman–Crippen MR) is 160 cm³/mol. The largest absolute Gasteiger partial charge is 0.395 e. The highest BCUT2D eigenvalue weighted by molar-refractivity contribution is 5.99. The van der Waals surface area contributed by atoms with Crippen molar-refractivity contribution in [1.82, 2.24) is 39.5 Å². The molecule has 1 aliphatic heterocycles. The van der Waals surface area contributed by atoms with Gasteiger partial charge in [-0.05, 0) is 49.4 Å². The predicted octanol–water partition coefficient (Wildman–Crippen LogP) is 3.78. The summed E-state index contributed by atoms with van der Waals surface area (Å²) in [6.45, 7) is 5.16. The molecule has 42 heavy (non-hydrogen) atoms. The average Bonchev–Trinajstić information content (AvgIpc) is 3.61. The molecule has 7 rings (SSSR count). The van der Waals surface area contributed by atoms with E-state index in [-0.39, 0.29) is 18.5 Å². The summed E-state index contributed by atoms with van der Waals surface area (Å²) in [5.74, 6) is 0.885. The van der Waals surface area contributed by atoms with Crippen LogP contribution in [-0.2, 0) is 6.42 Å². The van der Waals surface area contributed by atoms with Gasteiger partial charge >= 0.3 is 0 Å². The number of anilines is 1. The highest BCUT2D eigenvalue weighted by Gasteiger charge is 2.31. The SMILES string of the molecule is Nc1ncnc2c1c(-c1ccc3[nH]c(Cc4ccccc4F)nc3c1)nn2C1CCC(N2CCN(CCO)CC2)CC1. The highest BCUT2D eigenvalue weighted by Crippen LogP contribution is 2.37. The van der Waals surface area contributed by atoms with E-state index in [1.807, 2.05) is 24.3 Å². The Morgan fingerprint density at radius 1 is 0.976 bits per heavy atom. The third-order valence-electron chi connectivity index (χ3n) is 8.99. The molecule has 1 aliphatic carbocycles. The van der Waals surface area contributed by atoms with Crippen molar-refractivity contribution in [3.05, 3.63) is 66.0 Å². The summed E-state index contributed by atoms with van der Waals surface area (Å²) >= 11 is 0. The smallest absolute Gasteiger partial charge is 0.164 e. The molecule has 2 aliphatic rings. The molecule has 3 aromatic heterocycles. The Balaban J connectivity index is 1.13. The Morgan fingerprint density at radius 3 is 2.55 bits per heavy atom.